The van der Waals surface area contributed by atoms with E-state index in [9.17, 15) is 32.7 Å². The Morgan fingerprint density at radius 2 is 1.85 bits per heavy atom. The van der Waals surface area contributed by atoms with Crippen LogP contribution < -0.4 is 15.4 Å². The van der Waals surface area contributed by atoms with Gasteiger partial charge >= 0.3 is 6.09 Å². The van der Waals surface area contributed by atoms with Crippen molar-refractivity contribution in [3.8, 4) is 5.75 Å². The molecule has 2 aromatic rings. The summed E-state index contributed by atoms with van der Waals surface area (Å²) in [5.74, 6) is -1.83. The van der Waals surface area contributed by atoms with Gasteiger partial charge in [0.2, 0.25) is 11.8 Å². The van der Waals surface area contributed by atoms with Gasteiger partial charge in [0.15, 0.2) is 4.87 Å². The van der Waals surface area contributed by atoms with Crippen LogP contribution in [0.2, 0.25) is 0 Å². The Balaban J connectivity index is 1.16. The van der Waals surface area contributed by atoms with Crippen LogP contribution in [0.3, 0.4) is 0 Å². The maximum absolute atomic E-state index is 14.7. The van der Waals surface area contributed by atoms with E-state index < -0.39 is 79.6 Å². The van der Waals surface area contributed by atoms with Crippen molar-refractivity contribution in [2.45, 2.75) is 132 Å². The average molecular weight is 750 g/mol. The first-order chi connectivity index (χ1) is 25.0. The lowest BCUT2D eigenvalue weighted by molar-refractivity contribution is -0.142. The molecule has 2 saturated carbocycles. The van der Waals surface area contributed by atoms with E-state index in [1.54, 1.807) is 27.7 Å². The number of aromatic nitrogens is 1. The molecule has 4 amide bonds. The summed E-state index contributed by atoms with van der Waals surface area (Å²) in [6, 6.07) is 5.24. The number of aliphatic hydroxyl groups is 1. The van der Waals surface area contributed by atoms with E-state index in [0.717, 1.165) is 22.5 Å². The average Bonchev–Trinajstić information content (AvgIpc) is 4.02. The van der Waals surface area contributed by atoms with Crippen molar-refractivity contribution in [3.05, 3.63) is 47.7 Å². The highest BCUT2D eigenvalue weighted by molar-refractivity contribution is 7.98. The molecule has 2 spiro atoms. The number of hydrogen-bond acceptors (Lipinski definition) is 10. The molecule has 0 radical (unpaired) electrons. The topological polar surface area (TPSA) is 184 Å². The fourth-order valence-corrected chi connectivity index (χ4v) is 10.8. The Kier molecular flexibility index (Phi) is 8.19. The highest BCUT2D eigenvalue weighted by Crippen LogP contribution is 2.64. The third-order valence-electron chi connectivity index (χ3n) is 11.6. The van der Waals surface area contributed by atoms with Crippen molar-refractivity contribution in [2.75, 3.05) is 6.54 Å². The van der Waals surface area contributed by atoms with Crippen LogP contribution in [-0.4, -0.2) is 91.8 Å². The van der Waals surface area contributed by atoms with Gasteiger partial charge in [-0.2, -0.15) is 0 Å². The lowest BCUT2D eigenvalue weighted by Gasteiger charge is -2.39. The number of hydrogen-bond donors (Lipinski definition) is 3. The number of sulfonamides is 1. The standard InChI is InChI=1S/C38H47N5O9S/c1-22-30-29(24-13-10-11-14-25(24)39-22)28(44)20-36(51-30)19-27-31(45)41-38(33(47)43-37(16-17-37)53(43,49)50)18-23(38)12-8-6-5-7-9-15-26(32(46)42(27)21-36)40-34(48)52-35(2,3)4/h8,10-14,23,26-28,44H,5-7,9,15-21H2,1-4H3,(H,40,48)(H,41,45)/b12-8-/t23-,26+,27+,28?,36+,38-,43?/m1/s1. The molecule has 6 aliphatic rings. The monoisotopic (exact) mass is 749 g/mol. The molecule has 6 atom stereocenters. The first-order valence-corrected chi connectivity index (χ1v) is 20.1. The van der Waals surface area contributed by atoms with Gasteiger partial charge in [-0.25, -0.2) is 22.5 Å². The summed E-state index contributed by atoms with van der Waals surface area (Å²) >= 11 is 0. The van der Waals surface area contributed by atoms with Crippen molar-refractivity contribution < 1.29 is 42.2 Å². The van der Waals surface area contributed by atoms with Crippen LogP contribution in [0.1, 0.15) is 102 Å². The second kappa shape index (κ2) is 12.1. The molecule has 4 fully saturated rings. The summed E-state index contributed by atoms with van der Waals surface area (Å²) in [6.07, 6.45) is 6.22. The fraction of sp³-hybridized carbons (Fsp3) is 0.605. The number of allylic oxidation sites excluding steroid dienone is 1. The molecule has 15 heteroatoms. The van der Waals surface area contributed by atoms with Crippen LogP contribution in [0.15, 0.2) is 36.4 Å². The number of nitrogens with one attached hydrogen (secondary N) is 2. The van der Waals surface area contributed by atoms with Gasteiger partial charge < -0.3 is 30.1 Å². The largest absolute Gasteiger partial charge is 0.483 e. The zero-order chi connectivity index (χ0) is 37.7. The summed E-state index contributed by atoms with van der Waals surface area (Å²) in [5, 5.41) is 18.2. The maximum atomic E-state index is 14.7. The summed E-state index contributed by atoms with van der Waals surface area (Å²) < 4.78 is 39.1. The van der Waals surface area contributed by atoms with E-state index >= 15 is 0 Å². The molecule has 2 saturated heterocycles. The van der Waals surface area contributed by atoms with E-state index in [-0.39, 0.29) is 25.8 Å². The number of pyridine rings is 1. The van der Waals surface area contributed by atoms with E-state index in [0.29, 0.717) is 54.6 Å². The Hall–Kier alpha value is -4.24. The molecule has 14 nitrogen and oxygen atoms in total. The van der Waals surface area contributed by atoms with Gasteiger partial charge in [0.25, 0.3) is 15.9 Å². The predicted molar refractivity (Wildman–Crippen MR) is 192 cm³/mol. The van der Waals surface area contributed by atoms with Crippen molar-refractivity contribution in [3.63, 3.8) is 0 Å². The Bertz CT molecular complexity index is 2060. The van der Waals surface area contributed by atoms with Crippen molar-refractivity contribution in [2.24, 2.45) is 5.92 Å². The fourth-order valence-electron chi connectivity index (χ4n) is 8.74. The number of para-hydroxylation sites is 1. The van der Waals surface area contributed by atoms with Gasteiger partial charge in [-0.05, 0) is 72.3 Å². The number of fused-ring (bicyclic) bond motifs is 5. The molecule has 2 aliphatic carbocycles. The van der Waals surface area contributed by atoms with Gasteiger partial charge in [-0.1, -0.05) is 43.2 Å². The molecular formula is C38H47N5O9S. The normalized spacial score (nSPS) is 33.4. The van der Waals surface area contributed by atoms with Crippen LogP contribution in [0.4, 0.5) is 4.79 Å². The molecule has 53 heavy (non-hydrogen) atoms. The zero-order valence-electron chi connectivity index (χ0n) is 30.5. The van der Waals surface area contributed by atoms with E-state index in [4.69, 9.17) is 14.5 Å². The van der Waals surface area contributed by atoms with Gasteiger partial charge in [0, 0.05) is 29.7 Å². The SMILES string of the molecule is Cc1nc2ccccc2c2c1O[C@]1(CC2O)C[C@H]2C(=O)N[C@]3(C(=O)N4C5(CC5)S4(=O)=O)C[C@H]3/C=C\CCCCC[C@H](NC(=O)OC(C)(C)C)C(=O)N2C1. The quantitative estimate of drug-likeness (QED) is 0.303. The molecule has 5 heterocycles. The number of benzene rings is 1. The Morgan fingerprint density at radius 3 is 2.57 bits per heavy atom. The number of rotatable bonds is 2. The molecule has 3 N–H and O–H groups in total. The number of carbonyl (C=O) groups excluding carboxylic acids is 4. The summed E-state index contributed by atoms with van der Waals surface area (Å²) in [4.78, 5) is 61.4. The summed E-state index contributed by atoms with van der Waals surface area (Å²) in [6.45, 7) is 6.87. The van der Waals surface area contributed by atoms with Crippen molar-refractivity contribution in [1.29, 1.82) is 0 Å². The molecule has 1 aromatic carbocycles. The number of carbonyl (C=O) groups is 4. The third-order valence-corrected chi connectivity index (χ3v) is 14.0. The smallest absolute Gasteiger partial charge is 0.408 e. The second-order valence-electron chi connectivity index (χ2n) is 16.7. The molecule has 284 valence electrons. The first-order valence-electron chi connectivity index (χ1n) is 18.7. The highest BCUT2D eigenvalue weighted by atomic mass is 32.2. The minimum absolute atomic E-state index is 0.0246. The number of aliphatic hydroxyl groups excluding tert-OH is 1. The predicted octanol–water partition coefficient (Wildman–Crippen LogP) is 3.65. The van der Waals surface area contributed by atoms with Crippen LogP contribution >= 0.6 is 0 Å². The molecule has 4 aliphatic heterocycles. The van der Waals surface area contributed by atoms with E-state index in [2.05, 4.69) is 10.6 Å². The maximum Gasteiger partial charge on any atom is 0.408 e. The van der Waals surface area contributed by atoms with Gasteiger partial charge in [0.05, 0.1) is 23.9 Å². The molecule has 0 bridgehead atoms. The number of aryl methyl sites for hydroxylation is 1. The molecular weight excluding hydrogens is 703 g/mol. The van der Waals surface area contributed by atoms with Crippen LogP contribution in [0, 0.1) is 12.8 Å². The zero-order valence-corrected chi connectivity index (χ0v) is 31.3. The lowest BCUT2D eigenvalue weighted by Crippen LogP contribution is -2.57. The summed E-state index contributed by atoms with van der Waals surface area (Å²) in [5.41, 5.74) is -1.67. The second-order valence-corrected chi connectivity index (χ2v) is 18.8. The van der Waals surface area contributed by atoms with E-state index in [1.165, 1.54) is 4.90 Å². The van der Waals surface area contributed by atoms with Crippen LogP contribution in [-0.2, 0) is 29.1 Å². The van der Waals surface area contributed by atoms with E-state index in [1.807, 2.05) is 36.4 Å². The number of ether oxygens (including phenoxy) is 2. The van der Waals surface area contributed by atoms with Gasteiger partial charge in [-0.3, -0.25) is 14.4 Å². The van der Waals surface area contributed by atoms with Crippen LogP contribution in [0.5, 0.6) is 5.75 Å². The van der Waals surface area contributed by atoms with Crippen molar-refractivity contribution >= 4 is 44.7 Å². The first kappa shape index (κ1) is 35.8. The molecule has 1 unspecified atom stereocenters. The number of nitrogens with zero attached hydrogens (tertiary/aromatic N) is 3. The minimum Gasteiger partial charge on any atom is -0.483 e. The minimum atomic E-state index is -3.76. The molecule has 8 rings (SSSR count). The van der Waals surface area contributed by atoms with Crippen molar-refractivity contribution in [1.82, 2.24) is 24.8 Å². The third kappa shape index (κ3) is 5.94. The Labute approximate surface area is 308 Å². The van der Waals surface area contributed by atoms with Gasteiger partial charge in [-0.15, -0.1) is 0 Å². The Morgan fingerprint density at radius 1 is 1.09 bits per heavy atom. The van der Waals surface area contributed by atoms with Crippen LogP contribution in [0.25, 0.3) is 10.9 Å². The highest BCUT2D eigenvalue weighted by Gasteiger charge is 2.83. The summed E-state index contributed by atoms with van der Waals surface area (Å²) in [7, 11) is -3.76. The van der Waals surface area contributed by atoms with Gasteiger partial charge in [0.1, 0.15) is 34.6 Å². The number of alkyl carbamates (subject to hydrolysis) is 1. The lowest BCUT2D eigenvalue weighted by atomic mass is 9.85. The molecule has 1 aromatic heterocycles. The number of amides is 4.